The van der Waals surface area contributed by atoms with Crippen LogP contribution in [0.4, 0.5) is 10.7 Å². The summed E-state index contributed by atoms with van der Waals surface area (Å²) in [6.45, 7) is 5.87. The summed E-state index contributed by atoms with van der Waals surface area (Å²) in [6.07, 6.45) is 2.48. The Balaban J connectivity index is 2.44. The molecule has 0 aliphatic carbocycles. The van der Waals surface area contributed by atoms with Gasteiger partial charge in [-0.05, 0) is 33.1 Å². The van der Waals surface area contributed by atoms with E-state index < -0.39 is 6.10 Å². The molecule has 106 valence electrons. The van der Waals surface area contributed by atoms with E-state index in [0.29, 0.717) is 22.0 Å². The first-order chi connectivity index (χ1) is 8.95. The maximum atomic E-state index is 11.2. The maximum absolute atomic E-state index is 11.2. The molecule has 0 saturated carbocycles. The number of thiophene rings is 1. The molecule has 0 amide bonds. The lowest BCUT2D eigenvalue weighted by Crippen LogP contribution is -2.33. The molecule has 2 rings (SSSR count). The SMILES string of the molecule is CCC1CCC(C)N1c1sc([C@H](C)O)cc1[N+](=O)[O-]. The molecule has 2 unspecified atom stereocenters. The van der Waals surface area contributed by atoms with E-state index in [-0.39, 0.29) is 10.6 Å². The van der Waals surface area contributed by atoms with Crippen LogP contribution in [0.1, 0.15) is 51.0 Å². The number of nitro groups is 1. The Bertz CT molecular complexity index is 472. The lowest BCUT2D eigenvalue weighted by atomic mass is 10.1. The highest BCUT2D eigenvalue weighted by molar-refractivity contribution is 7.16. The summed E-state index contributed by atoms with van der Waals surface area (Å²) in [5.41, 5.74) is 0.133. The summed E-state index contributed by atoms with van der Waals surface area (Å²) in [5.74, 6) is 0. The molecule has 0 aromatic carbocycles. The summed E-state index contributed by atoms with van der Waals surface area (Å²) in [4.78, 5) is 13.7. The van der Waals surface area contributed by atoms with E-state index in [1.54, 1.807) is 6.92 Å². The second-order valence-electron chi connectivity index (χ2n) is 5.17. The van der Waals surface area contributed by atoms with Crippen LogP contribution in [0.15, 0.2) is 6.07 Å². The van der Waals surface area contributed by atoms with Gasteiger partial charge < -0.3 is 10.0 Å². The van der Waals surface area contributed by atoms with Crippen molar-refractivity contribution in [2.45, 2.75) is 58.2 Å². The van der Waals surface area contributed by atoms with Gasteiger partial charge >= 0.3 is 5.69 Å². The molecule has 1 aromatic rings. The van der Waals surface area contributed by atoms with Crippen molar-refractivity contribution in [1.29, 1.82) is 0 Å². The van der Waals surface area contributed by atoms with Crippen LogP contribution in [0.2, 0.25) is 0 Å². The summed E-state index contributed by atoms with van der Waals surface area (Å²) in [6, 6.07) is 2.21. The number of nitrogens with zero attached hydrogens (tertiary/aromatic N) is 2. The van der Waals surface area contributed by atoms with Crippen LogP contribution in [0.3, 0.4) is 0 Å². The highest BCUT2D eigenvalue weighted by Crippen LogP contribution is 2.45. The fraction of sp³-hybridized carbons (Fsp3) is 0.692. The van der Waals surface area contributed by atoms with Crippen molar-refractivity contribution in [3.8, 4) is 0 Å². The molecule has 1 aliphatic rings. The average Bonchev–Trinajstić information content (AvgIpc) is 2.91. The van der Waals surface area contributed by atoms with Gasteiger partial charge in [0.15, 0.2) is 5.00 Å². The summed E-state index contributed by atoms with van der Waals surface area (Å²) < 4.78 is 0. The fourth-order valence-corrected chi connectivity index (χ4v) is 3.99. The molecule has 1 saturated heterocycles. The number of aliphatic hydroxyl groups is 1. The highest BCUT2D eigenvalue weighted by atomic mass is 32.1. The third kappa shape index (κ3) is 2.60. The summed E-state index contributed by atoms with van der Waals surface area (Å²) >= 11 is 1.35. The van der Waals surface area contributed by atoms with Gasteiger partial charge in [-0.15, -0.1) is 11.3 Å². The number of hydrogen-bond acceptors (Lipinski definition) is 5. The topological polar surface area (TPSA) is 66.6 Å². The van der Waals surface area contributed by atoms with Gasteiger partial charge in [0.25, 0.3) is 0 Å². The van der Waals surface area contributed by atoms with Crippen molar-refractivity contribution in [2.24, 2.45) is 0 Å². The molecular formula is C13H20N2O3S. The zero-order valence-electron chi connectivity index (χ0n) is 11.5. The Morgan fingerprint density at radius 1 is 1.63 bits per heavy atom. The standard InChI is InChI=1S/C13H20N2O3S/c1-4-10-6-5-8(2)14(10)13-11(15(17)18)7-12(19-13)9(3)16/h7-10,16H,4-6H2,1-3H3/t8?,9-,10?/m0/s1. The Hall–Kier alpha value is -1.14. The molecule has 2 heterocycles. The second-order valence-corrected chi connectivity index (χ2v) is 6.23. The fourth-order valence-electron chi connectivity index (χ4n) is 2.75. The maximum Gasteiger partial charge on any atom is 0.304 e. The predicted molar refractivity (Wildman–Crippen MR) is 76.9 cm³/mol. The average molecular weight is 284 g/mol. The van der Waals surface area contributed by atoms with E-state index in [0.717, 1.165) is 19.3 Å². The van der Waals surface area contributed by atoms with Crippen molar-refractivity contribution in [3.05, 3.63) is 21.1 Å². The van der Waals surface area contributed by atoms with Crippen LogP contribution in [0.5, 0.6) is 0 Å². The Kier molecular flexibility index (Phi) is 4.10. The van der Waals surface area contributed by atoms with E-state index in [1.165, 1.54) is 17.4 Å². The van der Waals surface area contributed by atoms with Crippen molar-refractivity contribution in [3.63, 3.8) is 0 Å². The van der Waals surface area contributed by atoms with Crippen LogP contribution in [-0.2, 0) is 0 Å². The van der Waals surface area contributed by atoms with Crippen LogP contribution in [-0.4, -0.2) is 22.1 Å². The lowest BCUT2D eigenvalue weighted by molar-refractivity contribution is -0.383. The normalized spacial score (nSPS) is 24.7. The van der Waals surface area contributed by atoms with Crippen LogP contribution in [0, 0.1) is 10.1 Å². The van der Waals surface area contributed by atoms with Gasteiger partial charge in [0.2, 0.25) is 0 Å². The van der Waals surface area contributed by atoms with Gasteiger partial charge in [-0.3, -0.25) is 10.1 Å². The molecule has 19 heavy (non-hydrogen) atoms. The largest absolute Gasteiger partial charge is 0.388 e. The minimum Gasteiger partial charge on any atom is -0.388 e. The van der Waals surface area contributed by atoms with Gasteiger partial charge in [0.05, 0.1) is 11.0 Å². The van der Waals surface area contributed by atoms with Gasteiger partial charge in [0.1, 0.15) is 0 Å². The predicted octanol–water partition coefficient (Wildman–Crippen LogP) is 3.48. The second kappa shape index (κ2) is 5.46. The highest BCUT2D eigenvalue weighted by Gasteiger charge is 2.35. The number of anilines is 1. The molecule has 6 heteroatoms. The van der Waals surface area contributed by atoms with E-state index in [4.69, 9.17) is 0 Å². The van der Waals surface area contributed by atoms with Crippen LogP contribution < -0.4 is 4.90 Å². The molecule has 1 aromatic heterocycles. The molecular weight excluding hydrogens is 264 g/mol. The van der Waals surface area contributed by atoms with Gasteiger partial charge in [0, 0.05) is 23.0 Å². The molecule has 1 N–H and O–H groups in total. The first kappa shape index (κ1) is 14.3. The zero-order chi connectivity index (χ0) is 14.2. The molecule has 3 atom stereocenters. The molecule has 0 bridgehead atoms. The molecule has 0 spiro atoms. The Labute approximate surface area is 117 Å². The van der Waals surface area contributed by atoms with E-state index in [2.05, 4.69) is 18.7 Å². The minimum absolute atomic E-state index is 0.133. The Morgan fingerprint density at radius 2 is 2.32 bits per heavy atom. The third-order valence-electron chi connectivity index (χ3n) is 3.81. The Morgan fingerprint density at radius 3 is 2.84 bits per heavy atom. The first-order valence-corrected chi connectivity index (χ1v) is 7.51. The van der Waals surface area contributed by atoms with Crippen molar-refractivity contribution < 1.29 is 10.0 Å². The smallest absolute Gasteiger partial charge is 0.304 e. The lowest BCUT2D eigenvalue weighted by Gasteiger charge is -2.28. The van der Waals surface area contributed by atoms with Crippen molar-refractivity contribution in [1.82, 2.24) is 0 Å². The minimum atomic E-state index is -0.657. The quantitative estimate of drug-likeness (QED) is 0.679. The summed E-state index contributed by atoms with van der Waals surface area (Å²) in [7, 11) is 0. The number of rotatable bonds is 4. The van der Waals surface area contributed by atoms with Crippen LogP contribution >= 0.6 is 11.3 Å². The number of aliphatic hydroxyl groups excluding tert-OH is 1. The van der Waals surface area contributed by atoms with E-state index >= 15 is 0 Å². The van der Waals surface area contributed by atoms with E-state index in [1.807, 2.05) is 0 Å². The van der Waals surface area contributed by atoms with Gasteiger partial charge in [-0.1, -0.05) is 6.92 Å². The molecule has 1 aliphatic heterocycles. The number of hydrogen-bond donors (Lipinski definition) is 1. The van der Waals surface area contributed by atoms with E-state index in [9.17, 15) is 15.2 Å². The summed E-state index contributed by atoms with van der Waals surface area (Å²) in [5, 5.41) is 21.6. The van der Waals surface area contributed by atoms with Crippen LogP contribution in [0.25, 0.3) is 0 Å². The first-order valence-electron chi connectivity index (χ1n) is 6.70. The van der Waals surface area contributed by atoms with Crippen molar-refractivity contribution >= 4 is 22.0 Å². The van der Waals surface area contributed by atoms with Gasteiger partial charge in [-0.25, -0.2) is 0 Å². The van der Waals surface area contributed by atoms with Gasteiger partial charge in [-0.2, -0.15) is 0 Å². The third-order valence-corrected chi connectivity index (χ3v) is 5.12. The zero-order valence-corrected chi connectivity index (χ0v) is 12.3. The molecule has 1 fully saturated rings. The monoisotopic (exact) mass is 284 g/mol. The van der Waals surface area contributed by atoms with Crippen molar-refractivity contribution in [2.75, 3.05) is 4.90 Å². The molecule has 5 nitrogen and oxygen atoms in total. The molecule has 0 radical (unpaired) electrons.